The summed E-state index contributed by atoms with van der Waals surface area (Å²) in [6.07, 6.45) is -4.69. The van der Waals surface area contributed by atoms with Gasteiger partial charge in [0.05, 0.1) is 22.2 Å². The van der Waals surface area contributed by atoms with E-state index in [1.807, 2.05) is 61.5 Å². The molecule has 202 valence electrons. The molecule has 0 aliphatic carbocycles. The highest BCUT2D eigenvalue weighted by atomic mass is 32.2. The Hall–Kier alpha value is -4.11. The summed E-state index contributed by atoms with van der Waals surface area (Å²) in [5, 5.41) is 2.88. The van der Waals surface area contributed by atoms with Crippen LogP contribution in [0.1, 0.15) is 33.9 Å². The molecule has 1 atom stereocenters. The van der Waals surface area contributed by atoms with Crippen LogP contribution in [0.4, 0.5) is 18.9 Å². The highest BCUT2D eigenvalue weighted by Gasteiger charge is 2.33. The standard InChI is InChI=1S/C30H27F3N2O3S/c1-21-11-15-24(16-12-21)29(23-7-4-3-5-8-23)34-28(36)20-35(26-10-6-9-25(19-26)30(31,32)33)39(37,38)27-17-13-22(2)14-18-27/h3-19,29H,20H2,1-2H3,(H,34,36)/t29-/m1/s1. The molecule has 0 spiro atoms. The molecule has 0 heterocycles. The van der Waals surface area contributed by atoms with Gasteiger partial charge in [0.1, 0.15) is 6.54 Å². The van der Waals surface area contributed by atoms with Crippen molar-refractivity contribution in [2.45, 2.75) is 31.0 Å². The van der Waals surface area contributed by atoms with Gasteiger partial charge in [-0.1, -0.05) is 83.9 Å². The van der Waals surface area contributed by atoms with Crippen molar-refractivity contribution in [3.63, 3.8) is 0 Å². The molecule has 0 aliphatic rings. The van der Waals surface area contributed by atoms with Crippen molar-refractivity contribution >= 4 is 21.6 Å². The summed E-state index contributed by atoms with van der Waals surface area (Å²) >= 11 is 0. The second-order valence-electron chi connectivity index (χ2n) is 9.19. The summed E-state index contributed by atoms with van der Waals surface area (Å²) in [4.78, 5) is 13.3. The Labute approximate surface area is 226 Å². The minimum atomic E-state index is -4.69. The van der Waals surface area contributed by atoms with E-state index in [4.69, 9.17) is 0 Å². The number of nitrogens with one attached hydrogen (secondary N) is 1. The lowest BCUT2D eigenvalue weighted by molar-refractivity contribution is -0.137. The molecule has 0 unspecified atom stereocenters. The molecule has 39 heavy (non-hydrogen) atoms. The monoisotopic (exact) mass is 552 g/mol. The molecule has 0 saturated heterocycles. The normalized spacial score (nSPS) is 12.5. The van der Waals surface area contributed by atoms with Crippen molar-refractivity contribution in [3.8, 4) is 0 Å². The zero-order valence-electron chi connectivity index (χ0n) is 21.3. The van der Waals surface area contributed by atoms with Crippen LogP contribution in [0.3, 0.4) is 0 Å². The van der Waals surface area contributed by atoms with E-state index < -0.39 is 40.3 Å². The van der Waals surface area contributed by atoms with E-state index >= 15 is 0 Å². The van der Waals surface area contributed by atoms with Gasteiger partial charge in [0.2, 0.25) is 5.91 Å². The predicted octanol–water partition coefficient (Wildman–Crippen LogP) is 6.42. The summed E-state index contributed by atoms with van der Waals surface area (Å²) in [6, 6.07) is 25.9. The zero-order chi connectivity index (χ0) is 28.2. The van der Waals surface area contributed by atoms with Gasteiger partial charge in [0, 0.05) is 0 Å². The minimum Gasteiger partial charge on any atom is -0.344 e. The fraction of sp³-hybridized carbons (Fsp3) is 0.167. The van der Waals surface area contributed by atoms with Gasteiger partial charge in [-0.15, -0.1) is 0 Å². The predicted molar refractivity (Wildman–Crippen MR) is 145 cm³/mol. The molecule has 0 radical (unpaired) electrons. The van der Waals surface area contributed by atoms with Crippen molar-refractivity contribution in [1.29, 1.82) is 0 Å². The number of alkyl halides is 3. The number of amides is 1. The van der Waals surface area contributed by atoms with Gasteiger partial charge in [-0.2, -0.15) is 13.2 Å². The maximum absolute atomic E-state index is 13.7. The van der Waals surface area contributed by atoms with Gasteiger partial charge in [-0.3, -0.25) is 9.10 Å². The van der Waals surface area contributed by atoms with Crippen molar-refractivity contribution in [2.75, 3.05) is 10.8 Å². The molecule has 9 heteroatoms. The molecule has 4 aromatic rings. The maximum Gasteiger partial charge on any atom is 0.416 e. The number of aryl methyl sites for hydroxylation is 2. The Balaban J connectivity index is 1.73. The first-order valence-electron chi connectivity index (χ1n) is 12.1. The molecular formula is C30H27F3N2O3S. The van der Waals surface area contributed by atoms with Crippen molar-refractivity contribution in [3.05, 3.63) is 131 Å². The molecule has 1 amide bonds. The highest BCUT2D eigenvalue weighted by Crippen LogP contribution is 2.33. The number of rotatable bonds is 8. The van der Waals surface area contributed by atoms with Crippen molar-refractivity contribution in [2.24, 2.45) is 0 Å². The quantitative estimate of drug-likeness (QED) is 0.274. The molecule has 0 fully saturated rings. The van der Waals surface area contributed by atoms with E-state index in [0.717, 1.165) is 40.5 Å². The number of hydrogen-bond acceptors (Lipinski definition) is 3. The fourth-order valence-corrected chi connectivity index (χ4v) is 5.50. The number of benzene rings is 4. The lowest BCUT2D eigenvalue weighted by Crippen LogP contribution is -2.42. The van der Waals surface area contributed by atoms with Crippen LogP contribution in [0, 0.1) is 13.8 Å². The number of nitrogens with zero attached hydrogens (tertiary/aromatic N) is 1. The molecule has 0 aromatic heterocycles. The van der Waals surface area contributed by atoms with E-state index in [1.54, 1.807) is 19.1 Å². The largest absolute Gasteiger partial charge is 0.416 e. The van der Waals surface area contributed by atoms with Gasteiger partial charge in [0.15, 0.2) is 0 Å². The van der Waals surface area contributed by atoms with Gasteiger partial charge in [-0.25, -0.2) is 8.42 Å². The van der Waals surface area contributed by atoms with Gasteiger partial charge < -0.3 is 5.32 Å². The van der Waals surface area contributed by atoms with Crippen LogP contribution in [-0.2, 0) is 21.0 Å². The third kappa shape index (κ3) is 6.67. The summed E-state index contributed by atoms with van der Waals surface area (Å²) in [6.45, 7) is 2.98. The number of carbonyl (C=O) groups is 1. The topological polar surface area (TPSA) is 66.5 Å². The van der Waals surface area contributed by atoms with E-state index in [9.17, 15) is 26.4 Å². The molecule has 0 bridgehead atoms. The second-order valence-corrected chi connectivity index (χ2v) is 11.1. The summed E-state index contributed by atoms with van der Waals surface area (Å²) in [7, 11) is -4.39. The Morgan fingerprint density at radius 2 is 1.36 bits per heavy atom. The number of halogens is 3. The molecule has 4 rings (SSSR count). The number of sulfonamides is 1. The summed E-state index contributed by atoms with van der Waals surface area (Å²) in [5.74, 6) is -0.683. The van der Waals surface area contributed by atoms with E-state index in [0.29, 0.717) is 4.31 Å². The van der Waals surface area contributed by atoms with Crippen molar-refractivity contribution < 1.29 is 26.4 Å². The van der Waals surface area contributed by atoms with Crippen LogP contribution in [0.25, 0.3) is 0 Å². The molecule has 0 saturated carbocycles. The molecule has 0 aliphatic heterocycles. The van der Waals surface area contributed by atoms with Crippen LogP contribution in [0.15, 0.2) is 108 Å². The summed E-state index contributed by atoms with van der Waals surface area (Å²) in [5.41, 5.74) is 2.07. The molecular weight excluding hydrogens is 525 g/mol. The van der Waals surface area contributed by atoms with E-state index in [2.05, 4.69) is 5.32 Å². The third-order valence-corrected chi connectivity index (χ3v) is 7.99. The Morgan fingerprint density at radius 3 is 1.95 bits per heavy atom. The van der Waals surface area contributed by atoms with E-state index in [-0.39, 0.29) is 10.6 Å². The first-order valence-corrected chi connectivity index (χ1v) is 13.6. The lowest BCUT2D eigenvalue weighted by Gasteiger charge is -2.27. The molecule has 4 aromatic carbocycles. The Kier molecular flexibility index (Phi) is 8.11. The lowest BCUT2D eigenvalue weighted by atomic mass is 9.98. The maximum atomic E-state index is 13.7. The Bertz CT molecular complexity index is 1540. The van der Waals surface area contributed by atoms with Crippen LogP contribution >= 0.6 is 0 Å². The van der Waals surface area contributed by atoms with Crippen LogP contribution in [-0.4, -0.2) is 20.9 Å². The summed E-state index contributed by atoms with van der Waals surface area (Å²) < 4.78 is 68.5. The molecule has 5 nitrogen and oxygen atoms in total. The van der Waals surface area contributed by atoms with Crippen LogP contribution < -0.4 is 9.62 Å². The van der Waals surface area contributed by atoms with Gasteiger partial charge in [-0.05, 0) is 55.3 Å². The van der Waals surface area contributed by atoms with Crippen molar-refractivity contribution in [1.82, 2.24) is 5.32 Å². The third-order valence-electron chi connectivity index (χ3n) is 6.21. The SMILES string of the molecule is Cc1ccc([C@H](NC(=O)CN(c2cccc(C(F)(F)F)c2)S(=O)(=O)c2ccc(C)cc2)c2ccccc2)cc1. The first kappa shape index (κ1) is 27.9. The van der Waals surface area contributed by atoms with E-state index in [1.165, 1.54) is 18.2 Å². The van der Waals surface area contributed by atoms with Crippen LogP contribution in [0.2, 0.25) is 0 Å². The first-order chi connectivity index (χ1) is 18.4. The van der Waals surface area contributed by atoms with Gasteiger partial charge in [0.25, 0.3) is 10.0 Å². The van der Waals surface area contributed by atoms with Gasteiger partial charge >= 0.3 is 6.18 Å². The highest BCUT2D eigenvalue weighted by molar-refractivity contribution is 7.92. The smallest absolute Gasteiger partial charge is 0.344 e. The average molecular weight is 553 g/mol. The number of hydrogen-bond donors (Lipinski definition) is 1. The number of carbonyl (C=O) groups excluding carboxylic acids is 1. The zero-order valence-corrected chi connectivity index (χ0v) is 22.1. The minimum absolute atomic E-state index is 0.142. The fourth-order valence-electron chi connectivity index (χ4n) is 4.09. The average Bonchev–Trinajstić information content (AvgIpc) is 2.91. The Morgan fingerprint density at radius 1 is 0.795 bits per heavy atom. The van der Waals surface area contributed by atoms with Crippen LogP contribution in [0.5, 0.6) is 0 Å². The molecule has 1 N–H and O–H groups in total. The number of anilines is 1. The second kappa shape index (κ2) is 11.3.